The largest absolute Gasteiger partial charge is 0.379 e. The molecule has 20 heavy (non-hydrogen) atoms. The predicted octanol–water partition coefficient (Wildman–Crippen LogP) is 1.84. The molecule has 2 aliphatic heterocycles. The second-order valence-electron chi connectivity index (χ2n) is 6.18. The molecule has 0 amide bonds. The summed E-state index contributed by atoms with van der Waals surface area (Å²) in [5.41, 5.74) is 0. The number of unbranched alkanes of at least 4 members (excludes halogenated alkanes) is 1. The summed E-state index contributed by atoms with van der Waals surface area (Å²) in [7, 11) is 0. The maximum atomic E-state index is 12.2. The number of rotatable bonds is 7. The van der Waals surface area contributed by atoms with Gasteiger partial charge in [-0.1, -0.05) is 13.3 Å². The van der Waals surface area contributed by atoms with Crippen LogP contribution < -0.4 is 5.32 Å². The Labute approximate surface area is 123 Å². The van der Waals surface area contributed by atoms with Crippen LogP contribution in [0, 0.1) is 5.92 Å². The zero-order valence-electron chi connectivity index (χ0n) is 12.9. The van der Waals surface area contributed by atoms with E-state index in [0.717, 1.165) is 71.0 Å². The monoisotopic (exact) mass is 282 g/mol. The van der Waals surface area contributed by atoms with E-state index in [1.54, 1.807) is 0 Å². The fourth-order valence-corrected chi connectivity index (χ4v) is 3.25. The first-order chi connectivity index (χ1) is 9.79. The van der Waals surface area contributed by atoms with Gasteiger partial charge in [-0.05, 0) is 44.7 Å². The maximum absolute atomic E-state index is 12.2. The van der Waals surface area contributed by atoms with E-state index in [2.05, 4.69) is 17.1 Å². The number of hydrogen-bond donors (Lipinski definition) is 1. The summed E-state index contributed by atoms with van der Waals surface area (Å²) in [4.78, 5) is 14.7. The second-order valence-corrected chi connectivity index (χ2v) is 6.18. The standard InChI is InChI=1S/C16H30N2O2/c1-2-14-6-7-17-15(13-14)16(19)5-3-4-8-18-9-11-20-12-10-18/h14-15,17H,2-13H2,1H3. The van der Waals surface area contributed by atoms with Crippen molar-refractivity contribution in [2.45, 2.75) is 51.5 Å². The minimum atomic E-state index is 0.136. The average Bonchev–Trinajstić information content (AvgIpc) is 2.52. The van der Waals surface area contributed by atoms with Crippen molar-refractivity contribution in [3.8, 4) is 0 Å². The Hall–Kier alpha value is -0.450. The molecule has 0 spiro atoms. The molecule has 2 atom stereocenters. The van der Waals surface area contributed by atoms with Crippen molar-refractivity contribution in [3.05, 3.63) is 0 Å². The van der Waals surface area contributed by atoms with E-state index in [9.17, 15) is 4.79 Å². The third kappa shape index (κ3) is 5.15. The molecular formula is C16H30N2O2. The Balaban J connectivity index is 1.57. The highest BCUT2D eigenvalue weighted by Gasteiger charge is 2.25. The highest BCUT2D eigenvalue weighted by molar-refractivity contribution is 5.84. The number of morpholine rings is 1. The summed E-state index contributed by atoms with van der Waals surface area (Å²) in [6.45, 7) is 8.20. The third-order valence-corrected chi connectivity index (χ3v) is 4.73. The van der Waals surface area contributed by atoms with Gasteiger partial charge in [0.05, 0.1) is 19.3 Å². The summed E-state index contributed by atoms with van der Waals surface area (Å²) in [5, 5.41) is 3.40. The molecule has 0 bridgehead atoms. The molecule has 0 radical (unpaired) electrons. The minimum Gasteiger partial charge on any atom is -0.379 e. The summed E-state index contributed by atoms with van der Waals surface area (Å²) in [5.74, 6) is 1.18. The molecule has 1 N–H and O–H groups in total. The van der Waals surface area contributed by atoms with Crippen molar-refractivity contribution >= 4 is 5.78 Å². The van der Waals surface area contributed by atoms with Crippen molar-refractivity contribution in [1.29, 1.82) is 0 Å². The van der Waals surface area contributed by atoms with Crippen molar-refractivity contribution in [1.82, 2.24) is 10.2 Å². The highest BCUT2D eigenvalue weighted by Crippen LogP contribution is 2.20. The molecule has 4 nitrogen and oxygen atoms in total. The van der Waals surface area contributed by atoms with Crippen LogP contribution in [0.25, 0.3) is 0 Å². The van der Waals surface area contributed by atoms with Crippen LogP contribution in [0.1, 0.15) is 45.4 Å². The molecular weight excluding hydrogens is 252 g/mol. The maximum Gasteiger partial charge on any atom is 0.149 e. The number of carbonyl (C=O) groups excluding carboxylic acids is 1. The van der Waals surface area contributed by atoms with Gasteiger partial charge >= 0.3 is 0 Å². The minimum absolute atomic E-state index is 0.136. The lowest BCUT2D eigenvalue weighted by molar-refractivity contribution is -0.122. The molecule has 0 saturated carbocycles. The number of ketones is 1. The van der Waals surface area contributed by atoms with E-state index in [0.29, 0.717) is 5.78 Å². The van der Waals surface area contributed by atoms with E-state index < -0.39 is 0 Å². The van der Waals surface area contributed by atoms with E-state index in [4.69, 9.17) is 4.74 Å². The fourth-order valence-electron chi connectivity index (χ4n) is 3.25. The summed E-state index contributed by atoms with van der Waals surface area (Å²) in [6.07, 6.45) is 6.41. The number of nitrogens with one attached hydrogen (secondary N) is 1. The van der Waals surface area contributed by atoms with E-state index in [1.165, 1.54) is 12.8 Å². The summed E-state index contributed by atoms with van der Waals surface area (Å²) in [6, 6.07) is 0.136. The molecule has 2 heterocycles. The van der Waals surface area contributed by atoms with Crippen LogP contribution in [0.4, 0.5) is 0 Å². The van der Waals surface area contributed by atoms with Crippen LogP contribution in [-0.2, 0) is 9.53 Å². The Morgan fingerprint density at radius 3 is 2.85 bits per heavy atom. The molecule has 4 heteroatoms. The SMILES string of the molecule is CCC1CCNC(C(=O)CCCCN2CCOCC2)C1. The van der Waals surface area contributed by atoms with Gasteiger partial charge in [-0.3, -0.25) is 9.69 Å². The number of Topliss-reactive ketones (excluding diaryl/α,β-unsaturated/α-hetero) is 1. The van der Waals surface area contributed by atoms with Gasteiger partial charge in [0.2, 0.25) is 0 Å². The van der Waals surface area contributed by atoms with Gasteiger partial charge in [0.1, 0.15) is 5.78 Å². The van der Waals surface area contributed by atoms with Crippen LogP contribution in [0.5, 0.6) is 0 Å². The topological polar surface area (TPSA) is 41.6 Å². The number of ether oxygens (including phenoxy) is 1. The van der Waals surface area contributed by atoms with E-state index in [1.807, 2.05) is 0 Å². The first-order valence-electron chi connectivity index (χ1n) is 8.35. The molecule has 2 fully saturated rings. The smallest absolute Gasteiger partial charge is 0.149 e. The normalized spacial score (nSPS) is 28.4. The summed E-state index contributed by atoms with van der Waals surface area (Å²) < 4.78 is 5.34. The van der Waals surface area contributed by atoms with Gasteiger partial charge in [-0.2, -0.15) is 0 Å². The molecule has 116 valence electrons. The Bertz CT molecular complexity index is 290. The van der Waals surface area contributed by atoms with Gasteiger partial charge in [0.25, 0.3) is 0 Å². The molecule has 0 aromatic rings. The quantitative estimate of drug-likeness (QED) is 0.724. The number of piperidine rings is 1. The van der Waals surface area contributed by atoms with Crippen LogP contribution in [0.2, 0.25) is 0 Å². The van der Waals surface area contributed by atoms with Crippen molar-refractivity contribution in [2.75, 3.05) is 39.4 Å². The van der Waals surface area contributed by atoms with Gasteiger partial charge in [0, 0.05) is 19.5 Å². The first kappa shape index (κ1) is 15.9. The highest BCUT2D eigenvalue weighted by atomic mass is 16.5. The zero-order chi connectivity index (χ0) is 14.2. The van der Waals surface area contributed by atoms with Crippen LogP contribution in [-0.4, -0.2) is 56.1 Å². The van der Waals surface area contributed by atoms with Crippen LogP contribution in [0.3, 0.4) is 0 Å². The Morgan fingerprint density at radius 1 is 1.30 bits per heavy atom. The van der Waals surface area contributed by atoms with Crippen molar-refractivity contribution in [2.24, 2.45) is 5.92 Å². The zero-order valence-corrected chi connectivity index (χ0v) is 12.9. The number of hydrogen-bond acceptors (Lipinski definition) is 4. The molecule has 2 aliphatic rings. The van der Waals surface area contributed by atoms with Crippen LogP contribution >= 0.6 is 0 Å². The average molecular weight is 282 g/mol. The van der Waals surface area contributed by atoms with Gasteiger partial charge in [0.15, 0.2) is 0 Å². The van der Waals surface area contributed by atoms with Crippen LogP contribution in [0.15, 0.2) is 0 Å². The van der Waals surface area contributed by atoms with Gasteiger partial charge in [-0.15, -0.1) is 0 Å². The lowest BCUT2D eigenvalue weighted by Gasteiger charge is -2.29. The number of carbonyl (C=O) groups is 1. The molecule has 0 aromatic carbocycles. The Kier molecular flexibility index (Phi) is 6.97. The molecule has 0 aliphatic carbocycles. The molecule has 2 rings (SSSR count). The molecule has 2 unspecified atom stereocenters. The summed E-state index contributed by atoms with van der Waals surface area (Å²) >= 11 is 0. The van der Waals surface area contributed by atoms with E-state index >= 15 is 0 Å². The fraction of sp³-hybridized carbons (Fsp3) is 0.938. The van der Waals surface area contributed by atoms with Crippen molar-refractivity contribution in [3.63, 3.8) is 0 Å². The Morgan fingerprint density at radius 2 is 2.10 bits per heavy atom. The van der Waals surface area contributed by atoms with Gasteiger partial charge < -0.3 is 10.1 Å². The van der Waals surface area contributed by atoms with E-state index in [-0.39, 0.29) is 6.04 Å². The third-order valence-electron chi connectivity index (χ3n) is 4.73. The molecule has 2 saturated heterocycles. The second kappa shape index (κ2) is 8.75. The predicted molar refractivity (Wildman–Crippen MR) is 80.9 cm³/mol. The van der Waals surface area contributed by atoms with Crippen molar-refractivity contribution < 1.29 is 9.53 Å². The molecule has 0 aromatic heterocycles. The van der Waals surface area contributed by atoms with Gasteiger partial charge in [-0.25, -0.2) is 0 Å². The lowest BCUT2D eigenvalue weighted by Crippen LogP contribution is -2.43. The lowest BCUT2D eigenvalue weighted by atomic mass is 9.87. The first-order valence-corrected chi connectivity index (χ1v) is 8.35. The number of nitrogens with zero attached hydrogens (tertiary/aromatic N) is 1.